The summed E-state index contributed by atoms with van der Waals surface area (Å²) in [5.74, 6) is 0. The number of nitrogens with zero attached hydrogens (tertiary/aromatic N) is 2. The van der Waals surface area contributed by atoms with Gasteiger partial charge in [-0.3, -0.25) is 4.90 Å². The van der Waals surface area contributed by atoms with Crippen molar-refractivity contribution in [1.82, 2.24) is 9.21 Å². The van der Waals surface area contributed by atoms with Crippen LogP contribution in [0.2, 0.25) is 0 Å². The SMILES string of the molecule is O=S(=O)(c1cccs1)N1CC(N2CCCC2)C1. The Balaban J connectivity index is 1.65. The smallest absolute Gasteiger partial charge is 0.252 e. The normalized spacial score (nSPS) is 24.0. The van der Waals surface area contributed by atoms with E-state index in [1.54, 1.807) is 16.4 Å². The molecule has 3 rings (SSSR count). The third-order valence-corrected chi connectivity index (χ3v) is 6.78. The highest BCUT2D eigenvalue weighted by Crippen LogP contribution is 2.28. The Bertz CT molecular complexity index is 472. The van der Waals surface area contributed by atoms with Gasteiger partial charge in [0.2, 0.25) is 0 Å². The van der Waals surface area contributed by atoms with Crippen LogP contribution >= 0.6 is 11.3 Å². The summed E-state index contributed by atoms with van der Waals surface area (Å²) in [6.07, 6.45) is 2.52. The minimum absolute atomic E-state index is 0.451. The summed E-state index contributed by atoms with van der Waals surface area (Å²) in [7, 11) is -3.20. The molecule has 0 aliphatic carbocycles. The first kappa shape index (κ1) is 11.6. The van der Waals surface area contributed by atoms with Crippen LogP contribution in [-0.4, -0.2) is 49.8 Å². The highest BCUT2D eigenvalue weighted by atomic mass is 32.2. The zero-order valence-electron chi connectivity index (χ0n) is 9.58. The first-order chi connectivity index (χ1) is 8.18. The van der Waals surface area contributed by atoms with Gasteiger partial charge in [-0.05, 0) is 37.4 Å². The fraction of sp³-hybridized carbons (Fsp3) is 0.636. The highest BCUT2D eigenvalue weighted by Gasteiger charge is 2.40. The van der Waals surface area contributed by atoms with E-state index in [-0.39, 0.29) is 0 Å². The molecule has 0 amide bonds. The van der Waals surface area contributed by atoms with E-state index in [9.17, 15) is 8.42 Å². The van der Waals surface area contributed by atoms with Crippen LogP contribution in [0.25, 0.3) is 0 Å². The van der Waals surface area contributed by atoms with E-state index < -0.39 is 10.0 Å². The van der Waals surface area contributed by atoms with Crippen LogP contribution in [0.4, 0.5) is 0 Å². The Morgan fingerprint density at radius 3 is 2.53 bits per heavy atom. The summed E-state index contributed by atoms with van der Waals surface area (Å²) in [5, 5.41) is 1.81. The van der Waals surface area contributed by atoms with Crippen LogP contribution in [-0.2, 0) is 10.0 Å². The summed E-state index contributed by atoms with van der Waals surface area (Å²) in [6.45, 7) is 3.61. The second-order valence-corrected chi connectivity index (χ2v) is 7.76. The number of thiophene rings is 1. The van der Waals surface area contributed by atoms with Gasteiger partial charge in [-0.2, -0.15) is 4.31 Å². The molecule has 1 aromatic rings. The number of likely N-dealkylation sites (tertiary alicyclic amines) is 1. The molecule has 0 atom stereocenters. The summed E-state index contributed by atoms with van der Waals surface area (Å²) in [5.41, 5.74) is 0. The van der Waals surface area contributed by atoms with Crippen molar-refractivity contribution in [3.8, 4) is 0 Å². The lowest BCUT2D eigenvalue weighted by atomic mass is 10.1. The second kappa shape index (κ2) is 4.35. The molecule has 0 aromatic carbocycles. The van der Waals surface area contributed by atoms with Crippen molar-refractivity contribution in [2.24, 2.45) is 0 Å². The monoisotopic (exact) mass is 272 g/mol. The average Bonchev–Trinajstić information content (AvgIpc) is 2.87. The van der Waals surface area contributed by atoms with Gasteiger partial charge in [0.15, 0.2) is 0 Å². The molecule has 0 spiro atoms. The molecule has 2 aliphatic rings. The Kier molecular flexibility index (Phi) is 2.98. The minimum Gasteiger partial charge on any atom is -0.298 e. The van der Waals surface area contributed by atoms with E-state index in [1.165, 1.54) is 24.2 Å². The van der Waals surface area contributed by atoms with E-state index in [0.717, 1.165) is 13.1 Å². The predicted octanol–water partition coefficient (Wildman–Crippen LogP) is 1.22. The molecular weight excluding hydrogens is 256 g/mol. The second-order valence-electron chi connectivity index (χ2n) is 4.65. The number of hydrogen-bond acceptors (Lipinski definition) is 4. The molecule has 0 unspecified atom stereocenters. The van der Waals surface area contributed by atoms with Crippen molar-refractivity contribution in [1.29, 1.82) is 0 Å². The number of hydrogen-bond donors (Lipinski definition) is 0. The molecule has 0 saturated carbocycles. The van der Waals surface area contributed by atoms with Gasteiger partial charge in [-0.15, -0.1) is 11.3 Å². The zero-order valence-corrected chi connectivity index (χ0v) is 11.2. The van der Waals surface area contributed by atoms with Crippen molar-refractivity contribution < 1.29 is 8.42 Å². The van der Waals surface area contributed by atoms with Crippen LogP contribution in [0.3, 0.4) is 0 Å². The standard InChI is InChI=1S/C11H16N2O2S2/c14-17(15,11-4-3-7-16-11)13-8-10(9-13)12-5-1-2-6-12/h3-4,7,10H,1-2,5-6,8-9H2. The molecule has 4 nitrogen and oxygen atoms in total. The maximum atomic E-state index is 12.2. The number of rotatable bonds is 3. The van der Waals surface area contributed by atoms with Crippen LogP contribution in [0.5, 0.6) is 0 Å². The molecule has 0 radical (unpaired) electrons. The maximum Gasteiger partial charge on any atom is 0.252 e. The molecular formula is C11H16N2O2S2. The molecule has 6 heteroatoms. The van der Waals surface area contributed by atoms with Crippen LogP contribution in [0.1, 0.15) is 12.8 Å². The average molecular weight is 272 g/mol. The topological polar surface area (TPSA) is 40.6 Å². The van der Waals surface area contributed by atoms with Crippen molar-refractivity contribution in [2.45, 2.75) is 23.1 Å². The van der Waals surface area contributed by atoms with Crippen molar-refractivity contribution in [2.75, 3.05) is 26.2 Å². The molecule has 2 fully saturated rings. The van der Waals surface area contributed by atoms with E-state index in [2.05, 4.69) is 4.90 Å². The number of sulfonamides is 1. The first-order valence-corrected chi connectivity index (χ1v) is 8.27. The van der Waals surface area contributed by atoms with Gasteiger partial charge in [-0.25, -0.2) is 8.42 Å². The molecule has 94 valence electrons. The fourth-order valence-electron chi connectivity index (χ4n) is 2.49. The van der Waals surface area contributed by atoms with E-state index in [4.69, 9.17) is 0 Å². The van der Waals surface area contributed by atoms with Crippen LogP contribution < -0.4 is 0 Å². The quantitative estimate of drug-likeness (QED) is 0.830. The molecule has 1 aromatic heterocycles. The summed E-state index contributed by atoms with van der Waals surface area (Å²) < 4.78 is 26.4. The van der Waals surface area contributed by atoms with Gasteiger partial charge >= 0.3 is 0 Å². The Morgan fingerprint density at radius 2 is 1.94 bits per heavy atom. The van der Waals surface area contributed by atoms with E-state index in [1.807, 2.05) is 5.38 Å². The predicted molar refractivity (Wildman–Crippen MR) is 67.7 cm³/mol. The molecule has 17 heavy (non-hydrogen) atoms. The lowest BCUT2D eigenvalue weighted by Crippen LogP contribution is -2.60. The van der Waals surface area contributed by atoms with E-state index >= 15 is 0 Å². The van der Waals surface area contributed by atoms with Gasteiger partial charge in [0.1, 0.15) is 4.21 Å². The summed E-state index contributed by atoms with van der Waals surface area (Å²) in [6, 6.07) is 3.92. The molecule has 2 saturated heterocycles. The molecule has 0 bridgehead atoms. The maximum absolute atomic E-state index is 12.2. The van der Waals surface area contributed by atoms with Gasteiger partial charge in [0, 0.05) is 19.1 Å². The van der Waals surface area contributed by atoms with Gasteiger partial charge in [0.25, 0.3) is 10.0 Å². The van der Waals surface area contributed by atoms with Crippen LogP contribution in [0, 0.1) is 0 Å². The van der Waals surface area contributed by atoms with Gasteiger partial charge in [-0.1, -0.05) is 6.07 Å². The Hall–Kier alpha value is -0.430. The third kappa shape index (κ3) is 2.03. The highest BCUT2D eigenvalue weighted by molar-refractivity contribution is 7.91. The molecule has 3 heterocycles. The fourth-order valence-corrected chi connectivity index (χ4v) is 5.15. The Morgan fingerprint density at radius 1 is 1.24 bits per heavy atom. The van der Waals surface area contributed by atoms with Crippen molar-refractivity contribution >= 4 is 21.4 Å². The zero-order chi connectivity index (χ0) is 11.9. The van der Waals surface area contributed by atoms with Gasteiger partial charge in [0.05, 0.1) is 0 Å². The lowest BCUT2D eigenvalue weighted by molar-refractivity contribution is 0.110. The third-order valence-electron chi connectivity index (χ3n) is 3.58. The van der Waals surface area contributed by atoms with E-state index in [0.29, 0.717) is 23.3 Å². The first-order valence-electron chi connectivity index (χ1n) is 5.95. The summed E-state index contributed by atoms with van der Waals surface area (Å²) in [4.78, 5) is 2.42. The minimum atomic E-state index is -3.20. The van der Waals surface area contributed by atoms with Crippen molar-refractivity contribution in [3.63, 3.8) is 0 Å². The summed E-state index contributed by atoms with van der Waals surface area (Å²) >= 11 is 1.30. The van der Waals surface area contributed by atoms with Crippen LogP contribution in [0.15, 0.2) is 21.7 Å². The largest absolute Gasteiger partial charge is 0.298 e. The van der Waals surface area contributed by atoms with Gasteiger partial charge < -0.3 is 0 Å². The van der Waals surface area contributed by atoms with Crippen molar-refractivity contribution in [3.05, 3.63) is 17.5 Å². The molecule has 2 aliphatic heterocycles. The lowest BCUT2D eigenvalue weighted by Gasteiger charge is -2.42. The Labute approximate surface area is 106 Å². The molecule has 0 N–H and O–H groups in total.